The van der Waals surface area contributed by atoms with Crippen LogP contribution >= 0.6 is 0 Å². The number of hydrogen-bond donors (Lipinski definition) is 0. The van der Waals surface area contributed by atoms with Crippen molar-refractivity contribution in [2.24, 2.45) is 0 Å². The Hall–Kier alpha value is -0.980. The van der Waals surface area contributed by atoms with Crippen molar-refractivity contribution in [2.45, 2.75) is 99.8 Å². The molecule has 1 aromatic rings. The van der Waals surface area contributed by atoms with Crippen LogP contribution in [0.15, 0.2) is 12.1 Å². The molecular weight excluding hydrogens is 280 g/mol. The predicted molar refractivity (Wildman–Crippen MR) is 107 cm³/mol. The molecule has 23 heavy (non-hydrogen) atoms. The standard InChI is InChI=1S/C18H30O.2C2H6/c1-12(2)13-10-14(17(3,4)5)16(19-9)15(11-13)18(6,7)8;2*1-2/h10-12H,1-9H3;2*1-2H3. The van der Waals surface area contributed by atoms with E-state index in [0.717, 1.165) is 5.75 Å². The lowest BCUT2D eigenvalue weighted by Gasteiger charge is -2.30. The van der Waals surface area contributed by atoms with Gasteiger partial charge in [-0.25, -0.2) is 0 Å². The first-order chi connectivity index (χ1) is 10.5. The first kappa shape index (κ1) is 24.3. The van der Waals surface area contributed by atoms with E-state index in [-0.39, 0.29) is 10.8 Å². The normalized spacial score (nSPS) is 11.2. The summed E-state index contributed by atoms with van der Waals surface area (Å²) in [6.45, 7) is 26.0. The number of methoxy groups -OCH3 is 1. The van der Waals surface area contributed by atoms with Gasteiger partial charge in [0.15, 0.2) is 0 Å². The lowest BCUT2D eigenvalue weighted by molar-refractivity contribution is 0.381. The Labute approximate surface area is 146 Å². The Morgan fingerprint density at radius 1 is 0.739 bits per heavy atom. The largest absolute Gasteiger partial charge is 0.496 e. The first-order valence-corrected chi connectivity index (χ1v) is 9.21. The molecule has 1 aromatic carbocycles. The highest BCUT2D eigenvalue weighted by Crippen LogP contribution is 2.41. The molecule has 0 fully saturated rings. The zero-order valence-corrected chi connectivity index (χ0v) is 18.1. The fourth-order valence-electron chi connectivity index (χ4n) is 2.32. The minimum Gasteiger partial charge on any atom is -0.496 e. The maximum absolute atomic E-state index is 5.76. The van der Waals surface area contributed by atoms with Crippen LogP contribution in [-0.2, 0) is 10.8 Å². The van der Waals surface area contributed by atoms with Gasteiger partial charge in [-0.2, -0.15) is 0 Å². The number of hydrogen-bond acceptors (Lipinski definition) is 1. The van der Waals surface area contributed by atoms with Crippen molar-refractivity contribution in [3.05, 3.63) is 28.8 Å². The third-order valence-electron chi connectivity index (χ3n) is 3.60. The Bertz CT molecular complexity index is 407. The Kier molecular flexibility index (Phi) is 10.6. The molecule has 0 atom stereocenters. The average molecular weight is 323 g/mol. The van der Waals surface area contributed by atoms with Crippen LogP contribution in [0.5, 0.6) is 5.75 Å². The summed E-state index contributed by atoms with van der Waals surface area (Å²) in [5.74, 6) is 1.59. The van der Waals surface area contributed by atoms with Crippen molar-refractivity contribution in [1.29, 1.82) is 0 Å². The molecule has 0 N–H and O–H groups in total. The average Bonchev–Trinajstić information content (AvgIpc) is 2.48. The molecule has 0 radical (unpaired) electrons. The molecule has 1 heteroatoms. The maximum atomic E-state index is 5.76. The van der Waals surface area contributed by atoms with Crippen LogP contribution < -0.4 is 4.74 Å². The van der Waals surface area contributed by atoms with Gasteiger partial charge in [0.05, 0.1) is 7.11 Å². The van der Waals surface area contributed by atoms with Crippen molar-refractivity contribution in [1.82, 2.24) is 0 Å². The Balaban J connectivity index is 0. The highest BCUT2D eigenvalue weighted by molar-refractivity contribution is 5.51. The van der Waals surface area contributed by atoms with Crippen LogP contribution in [0.2, 0.25) is 0 Å². The van der Waals surface area contributed by atoms with Crippen LogP contribution in [0.3, 0.4) is 0 Å². The second-order valence-corrected chi connectivity index (χ2v) is 7.80. The van der Waals surface area contributed by atoms with Gasteiger partial charge in [-0.05, 0) is 22.3 Å². The summed E-state index contributed by atoms with van der Waals surface area (Å²) in [7, 11) is 1.79. The zero-order valence-electron chi connectivity index (χ0n) is 18.1. The van der Waals surface area contributed by atoms with Gasteiger partial charge in [-0.3, -0.25) is 0 Å². The number of ether oxygens (including phenoxy) is 1. The van der Waals surface area contributed by atoms with Crippen LogP contribution in [0.25, 0.3) is 0 Å². The van der Waals surface area contributed by atoms with E-state index in [1.54, 1.807) is 7.11 Å². The van der Waals surface area contributed by atoms with E-state index < -0.39 is 0 Å². The summed E-state index contributed by atoms with van der Waals surface area (Å²) in [5, 5.41) is 0. The third kappa shape index (κ3) is 6.97. The first-order valence-electron chi connectivity index (χ1n) is 9.21. The van der Waals surface area contributed by atoms with Crippen molar-refractivity contribution in [3.8, 4) is 5.75 Å². The molecule has 0 aliphatic heterocycles. The van der Waals surface area contributed by atoms with Gasteiger partial charge in [0.2, 0.25) is 0 Å². The molecule has 0 saturated carbocycles. The summed E-state index contributed by atoms with van der Waals surface area (Å²) in [6, 6.07) is 4.64. The number of rotatable bonds is 2. The Morgan fingerprint density at radius 3 is 1.22 bits per heavy atom. The van der Waals surface area contributed by atoms with Gasteiger partial charge < -0.3 is 4.74 Å². The van der Waals surface area contributed by atoms with Crippen molar-refractivity contribution >= 4 is 0 Å². The lowest BCUT2D eigenvalue weighted by atomic mass is 9.77. The molecule has 1 rings (SSSR count). The van der Waals surface area contributed by atoms with Crippen molar-refractivity contribution in [2.75, 3.05) is 7.11 Å². The highest BCUT2D eigenvalue weighted by atomic mass is 16.5. The third-order valence-corrected chi connectivity index (χ3v) is 3.60. The van der Waals surface area contributed by atoms with Gasteiger partial charge in [-0.15, -0.1) is 0 Å². The van der Waals surface area contributed by atoms with E-state index in [2.05, 4.69) is 67.5 Å². The van der Waals surface area contributed by atoms with Gasteiger partial charge in [0, 0.05) is 11.1 Å². The van der Waals surface area contributed by atoms with Gasteiger partial charge in [-0.1, -0.05) is 95.2 Å². The van der Waals surface area contributed by atoms with Crippen LogP contribution in [0, 0.1) is 0 Å². The maximum Gasteiger partial charge on any atom is 0.126 e. The summed E-state index contributed by atoms with van der Waals surface area (Å²) in [4.78, 5) is 0. The van der Waals surface area contributed by atoms with Crippen LogP contribution in [0.4, 0.5) is 0 Å². The minimum absolute atomic E-state index is 0.0935. The topological polar surface area (TPSA) is 9.23 Å². The quantitative estimate of drug-likeness (QED) is 0.549. The predicted octanol–water partition coefficient (Wildman–Crippen LogP) is 7.47. The van der Waals surface area contributed by atoms with Gasteiger partial charge >= 0.3 is 0 Å². The molecule has 0 heterocycles. The molecule has 0 unspecified atom stereocenters. The summed E-state index contributed by atoms with van der Waals surface area (Å²) in [6.07, 6.45) is 0. The second-order valence-electron chi connectivity index (χ2n) is 7.80. The summed E-state index contributed by atoms with van der Waals surface area (Å²) < 4.78 is 5.76. The molecule has 0 amide bonds. The van der Waals surface area contributed by atoms with Crippen LogP contribution in [0.1, 0.15) is 106 Å². The fourth-order valence-corrected chi connectivity index (χ4v) is 2.32. The van der Waals surface area contributed by atoms with E-state index in [1.165, 1.54) is 16.7 Å². The SMILES string of the molecule is CC.CC.COc1c(C(C)(C)C)cc(C(C)C)cc1C(C)(C)C. The zero-order chi connectivity index (χ0) is 19.0. The van der Waals surface area contributed by atoms with Crippen LogP contribution in [-0.4, -0.2) is 7.11 Å². The molecule has 136 valence electrons. The van der Waals surface area contributed by atoms with Crippen molar-refractivity contribution in [3.63, 3.8) is 0 Å². The summed E-state index contributed by atoms with van der Waals surface area (Å²) >= 11 is 0. The smallest absolute Gasteiger partial charge is 0.126 e. The Morgan fingerprint density at radius 2 is 1.04 bits per heavy atom. The van der Waals surface area contributed by atoms with E-state index in [1.807, 2.05) is 27.7 Å². The van der Waals surface area contributed by atoms with E-state index in [4.69, 9.17) is 4.74 Å². The highest BCUT2D eigenvalue weighted by Gasteiger charge is 2.27. The minimum atomic E-state index is 0.0935. The molecule has 0 aromatic heterocycles. The van der Waals surface area contributed by atoms with Gasteiger partial charge in [0.25, 0.3) is 0 Å². The molecule has 0 spiro atoms. The van der Waals surface area contributed by atoms with E-state index >= 15 is 0 Å². The molecule has 0 bridgehead atoms. The fraction of sp³-hybridized carbons (Fsp3) is 0.727. The van der Waals surface area contributed by atoms with Gasteiger partial charge in [0.1, 0.15) is 5.75 Å². The second kappa shape index (κ2) is 10.0. The summed E-state index contributed by atoms with van der Waals surface area (Å²) in [5.41, 5.74) is 4.21. The monoisotopic (exact) mass is 322 g/mol. The lowest BCUT2D eigenvalue weighted by Crippen LogP contribution is -2.20. The molecule has 1 nitrogen and oxygen atoms in total. The molecule has 0 aliphatic rings. The van der Waals surface area contributed by atoms with E-state index in [0.29, 0.717) is 5.92 Å². The molecule has 0 saturated heterocycles. The van der Waals surface area contributed by atoms with Crippen molar-refractivity contribution < 1.29 is 4.74 Å². The van der Waals surface area contributed by atoms with E-state index in [9.17, 15) is 0 Å². The molecular formula is C22H42O. The molecule has 0 aliphatic carbocycles. The number of benzene rings is 1.